The maximum absolute atomic E-state index is 12.7. The highest BCUT2D eigenvalue weighted by Crippen LogP contribution is 2.24. The molecule has 1 fully saturated rings. The van der Waals surface area contributed by atoms with Crippen LogP contribution in [-0.2, 0) is 14.8 Å². The van der Waals surface area contributed by atoms with Crippen LogP contribution in [0.1, 0.15) is 56.2 Å². The van der Waals surface area contributed by atoms with Crippen molar-refractivity contribution in [2.75, 3.05) is 6.61 Å². The molecule has 0 bridgehead atoms. The maximum Gasteiger partial charge on any atom is 0.258 e. The molecular weight excluding hydrogens is 400 g/mol. The Hall–Kier alpha value is -2.38. The number of sulfonamides is 1. The van der Waals surface area contributed by atoms with E-state index in [1.54, 1.807) is 19.1 Å². The highest BCUT2D eigenvalue weighted by Gasteiger charge is 2.22. The fourth-order valence-electron chi connectivity index (χ4n) is 3.71. The van der Waals surface area contributed by atoms with E-state index >= 15 is 0 Å². The van der Waals surface area contributed by atoms with E-state index in [0.29, 0.717) is 11.3 Å². The van der Waals surface area contributed by atoms with Gasteiger partial charge in [0.2, 0.25) is 10.0 Å². The van der Waals surface area contributed by atoms with Crippen molar-refractivity contribution < 1.29 is 17.9 Å². The van der Waals surface area contributed by atoms with E-state index in [2.05, 4.69) is 10.0 Å². The number of ether oxygens (including phenoxy) is 1. The number of nitrogens with one attached hydrogen (secondary N) is 2. The first-order valence-electron chi connectivity index (χ1n) is 10.5. The van der Waals surface area contributed by atoms with Crippen LogP contribution in [0, 0.1) is 6.92 Å². The number of carbonyl (C=O) groups excluding carboxylic acids is 1. The molecule has 30 heavy (non-hydrogen) atoms. The van der Waals surface area contributed by atoms with E-state index in [-0.39, 0.29) is 29.5 Å². The Morgan fingerprint density at radius 3 is 2.47 bits per heavy atom. The minimum absolute atomic E-state index is 0.00952. The highest BCUT2D eigenvalue weighted by atomic mass is 32.2. The molecule has 1 aliphatic rings. The zero-order chi connectivity index (χ0) is 21.6. The summed E-state index contributed by atoms with van der Waals surface area (Å²) in [5.74, 6) is 0.260. The predicted octanol–water partition coefficient (Wildman–Crippen LogP) is 3.86. The molecule has 2 N–H and O–H groups in total. The Kier molecular flexibility index (Phi) is 7.50. The van der Waals surface area contributed by atoms with Crippen molar-refractivity contribution in [3.8, 4) is 5.75 Å². The van der Waals surface area contributed by atoms with E-state index < -0.39 is 10.0 Å². The van der Waals surface area contributed by atoms with Crippen molar-refractivity contribution in [3.63, 3.8) is 0 Å². The third-order valence-corrected chi connectivity index (χ3v) is 6.94. The van der Waals surface area contributed by atoms with Gasteiger partial charge < -0.3 is 10.1 Å². The average Bonchev–Trinajstić information content (AvgIpc) is 2.74. The number of hydrogen-bond acceptors (Lipinski definition) is 4. The molecule has 6 nitrogen and oxygen atoms in total. The lowest BCUT2D eigenvalue weighted by atomic mass is 9.96. The number of amides is 1. The summed E-state index contributed by atoms with van der Waals surface area (Å²) >= 11 is 0. The van der Waals surface area contributed by atoms with Gasteiger partial charge >= 0.3 is 0 Å². The fourth-order valence-corrected chi connectivity index (χ4v) is 5.10. The summed E-state index contributed by atoms with van der Waals surface area (Å²) in [4.78, 5) is 12.4. The van der Waals surface area contributed by atoms with Gasteiger partial charge in [0, 0.05) is 6.04 Å². The summed E-state index contributed by atoms with van der Waals surface area (Å²) in [5, 5.41) is 2.90. The quantitative estimate of drug-likeness (QED) is 0.666. The number of hydrogen-bond donors (Lipinski definition) is 2. The molecular formula is C23H30N2O4S. The number of aryl methyl sites for hydroxylation is 1. The number of carbonyl (C=O) groups is 1. The number of rotatable bonds is 8. The Labute approximate surface area is 179 Å². The lowest BCUT2D eigenvalue weighted by Crippen LogP contribution is -2.36. The van der Waals surface area contributed by atoms with Crippen molar-refractivity contribution in [1.82, 2.24) is 10.0 Å². The molecule has 3 rings (SSSR count). The van der Waals surface area contributed by atoms with E-state index in [1.165, 1.54) is 12.5 Å². The molecule has 0 aliphatic heterocycles. The zero-order valence-electron chi connectivity index (χ0n) is 17.6. The molecule has 7 heteroatoms. The van der Waals surface area contributed by atoms with E-state index in [0.717, 1.165) is 31.2 Å². The van der Waals surface area contributed by atoms with Gasteiger partial charge in [0.15, 0.2) is 6.61 Å². The minimum Gasteiger partial charge on any atom is -0.484 e. The van der Waals surface area contributed by atoms with Crippen molar-refractivity contribution in [3.05, 3.63) is 59.7 Å². The van der Waals surface area contributed by atoms with Crippen LogP contribution in [0.3, 0.4) is 0 Å². The second-order valence-electron chi connectivity index (χ2n) is 7.87. The van der Waals surface area contributed by atoms with Crippen LogP contribution in [0.25, 0.3) is 0 Å². The lowest BCUT2D eigenvalue weighted by Gasteiger charge is -2.22. The summed E-state index contributed by atoms with van der Waals surface area (Å²) in [6, 6.07) is 14.3. The van der Waals surface area contributed by atoms with E-state index in [4.69, 9.17) is 4.74 Å². The summed E-state index contributed by atoms with van der Waals surface area (Å²) in [7, 11) is -3.56. The number of benzene rings is 2. The minimum atomic E-state index is -3.56. The molecule has 1 amide bonds. The summed E-state index contributed by atoms with van der Waals surface area (Å²) in [6.45, 7) is 3.56. The molecule has 0 saturated heterocycles. The topological polar surface area (TPSA) is 84.5 Å². The molecule has 0 heterocycles. The second kappa shape index (κ2) is 10.1. The van der Waals surface area contributed by atoms with Crippen LogP contribution >= 0.6 is 0 Å². The molecule has 162 valence electrons. The first-order valence-corrected chi connectivity index (χ1v) is 11.9. The van der Waals surface area contributed by atoms with Gasteiger partial charge in [-0.2, -0.15) is 0 Å². The lowest BCUT2D eigenvalue weighted by molar-refractivity contribution is -0.123. The van der Waals surface area contributed by atoms with Crippen molar-refractivity contribution >= 4 is 15.9 Å². The molecule has 2 aromatic rings. The van der Waals surface area contributed by atoms with Crippen LogP contribution in [0.5, 0.6) is 5.75 Å². The van der Waals surface area contributed by atoms with Gasteiger partial charge in [-0.15, -0.1) is 0 Å². The first-order chi connectivity index (χ1) is 14.3. The van der Waals surface area contributed by atoms with Crippen molar-refractivity contribution in [1.29, 1.82) is 0 Å². The molecule has 0 unspecified atom stereocenters. The van der Waals surface area contributed by atoms with Crippen LogP contribution in [0.15, 0.2) is 53.4 Å². The van der Waals surface area contributed by atoms with Crippen LogP contribution in [0.2, 0.25) is 0 Å². The smallest absolute Gasteiger partial charge is 0.258 e. The standard InChI is InChI=1S/C23H30N2O4S/c1-17-15-21(30(27,28)25-20-11-7-4-8-12-20)13-14-22(17)29-16-23(26)24-18(2)19-9-5-3-6-10-19/h3,5-6,9-10,13-15,18,20,25H,4,7-8,11-12,16H2,1-2H3,(H,24,26)/t18-/m1/s1. The third-order valence-electron chi connectivity index (χ3n) is 5.42. The average molecular weight is 431 g/mol. The SMILES string of the molecule is Cc1cc(S(=O)(=O)NC2CCCCC2)ccc1OCC(=O)N[C@H](C)c1ccccc1. The first kappa shape index (κ1) is 22.3. The molecule has 1 atom stereocenters. The second-order valence-corrected chi connectivity index (χ2v) is 9.59. The molecule has 2 aromatic carbocycles. The molecule has 0 aromatic heterocycles. The van der Waals surface area contributed by atoms with Gasteiger partial charge in [0.1, 0.15) is 5.75 Å². The maximum atomic E-state index is 12.7. The Bertz CT molecular complexity index is 954. The highest BCUT2D eigenvalue weighted by molar-refractivity contribution is 7.89. The Morgan fingerprint density at radius 1 is 1.10 bits per heavy atom. The fraction of sp³-hybridized carbons (Fsp3) is 0.435. The van der Waals surface area contributed by atoms with Crippen LogP contribution in [-0.4, -0.2) is 27.0 Å². The predicted molar refractivity (Wildman–Crippen MR) is 117 cm³/mol. The summed E-state index contributed by atoms with van der Waals surface area (Å²) in [6.07, 6.45) is 5.06. The van der Waals surface area contributed by atoms with Gasteiger partial charge in [0.05, 0.1) is 10.9 Å². The van der Waals surface area contributed by atoms with E-state index in [1.807, 2.05) is 37.3 Å². The van der Waals surface area contributed by atoms with Gasteiger partial charge in [-0.1, -0.05) is 49.6 Å². The summed E-state index contributed by atoms with van der Waals surface area (Å²) < 4.78 is 33.8. The molecule has 1 aliphatic carbocycles. The van der Waals surface area contributed by atoms with E-state index in [9.17, 15) is 13.2 Å². The van der Waals surface area contributed by atoms with Gasteiger partial charge in [-0.05, 0) is 56.0 Å². The summed E-state index contributed by atoms with van der Waals surface area (Å²) in [5.41, 5.74) is 1.69. The third kappa shape index (κ3) is 6.06. The largest absolute Gasteiger partial charge is 0.484 e. The van der Waals surface area contributed by atoms with Crippen molar-refractivity contribution in [2.24, 2.45) is 0 Å². The van der Waals surface area contributed by atoms with Crippen molar-refractivity contribution in [2.45, 2.75) is 62.9 Å². The zero-order valence-corrected chi connectivity index (χ0v) is 18.4. The van der Waals surface area contributed by atoms with Gasteiger partial charge in [0.25, 0.3) is 5.91 Å². The molecule has 0 spiro atoms. The normalized spacial score (nSPS) is 16.1. The van der Waals surface area contributed by atoms with Gasteiger partial charge in [-0.25, -0.2) is 13.1 Å². The van der Waals surface area contributed by atoms with Crippen LogP contribution in [0.4, 0.5) is 0 Å². The Morgan fingerprint density at radius 2 is 1.80 bits per heavy atom. The molecule has 0 radical (unpaired) electrons. The van der Waals surface area contributed by atoms with Crippen LogP contribution < -0.4 is 14.8 Å². The monoisotopic (exact) mass is 430 g/mol. The molecule has 1 saturated carbocycles. The van der Waals surface area contributed by atoms with Gasteiger partial charge in [-0.3, -0.25) is 4.79 Å². The Balaban J connectivity index is 1.56.